The number of nitrogens with zero attached hydrogens (tertiary/aromatic N) is 5. The summed E-state index contributed by atoms with van der Waals surface area (Å²) in [5.74, 6) is 0.271. The van der Waals surface area contributed by atoms with Gasteiger partial charge in [-0.15, -0.1) is 0 Å². The van der Waals surface area contributed by atoms with Gasteiger partial charge in [-0.25, -0.2) is 23.1 Å². The molecule has 0 unspecified atom stereocenters. The van der Waals surface area contributed by atoms with Gasteiger partial charge in [0.25, 0.3) is 0 Å². The van der Waals surface area contributed by atoms with Crippen LogP contribution >= 0.6 is 0 Å². The number of nitrogens with two attached hydrogens (primary N) is 1. The Morgan fingerprint density at radius 1 is 1.15 bits per heavy atom. The van der Waals surface area contributed by atoms with Gasteiger partial charge in [0.2, 0.25) is 10.0 Å². The van der Waals surface area contributed by atoms with Gasteiger partial charge in [-0.2, -0.15) is 5.10 Å². The first-order valence-corrected chi connectivity index (χ1v) is 12.6. The van der Waals surface area contributed by atoms with E-state index in [-0.39, 0.29) is 22.9 Å². The van der Waals surface area contributed by atoms with E-state index >= 15 is 0 Å². The van der Waals surface area contributed by atoms with Crippen LogP contribution in [0.3, 0.4) is 0 Å². The number of aryl methyl sites for hydroxylation is 2. The summed E-state index contributed by atoms with van der Waals surface area (Å²) in [6.07, 6.45) is 7.28. The van der Waals surface area contributed by atoms with Crippen molar-refractivity contribution in [1.29, 1.82) is 0 Å². The minimum Gasteiger partial charge on any atom is -0.393 e. The van der Waals surface area contributed by atoms with Gasteiger partial charge in [-0.1, -0.05) is 6.07 Å². The molecule has 0 saturated heterocycles. The molecule has 10 nitrogen and oxygen atoms in total. The van der Waals surface area contributed by atoms with Crippen LogP contribution in [0.25, 0.3) is 28.3 Å². The van der Waals surface area contributed by atoms with E-state index in [4.69, 9.17) is 5.73 Å². The van der Waals surface area contributed by atoms with E-state index < -0.39 is 10.0 Å². The Bertz CT molecular complexity index is 1470. The van der Waals surface area contributed by atoms with Gasteiger partial charge in [-0.05, 0) is 56.4 Å². The van der Waals surface area contributed by atoms with Crippen LogP contribution in [0, 0.1) is 6.92 Å². The molecule has 1 aromatic carbocycles. The Labute approximate surface area is 197 Å². The summed E-state index contributed by atoms with van der Waals surface area (Å²) < 4.78 is 32.6. The highest BCUT2D eigenvalue weighted by Gasteiger charge is 2.26. The fraction of sp³-hybridized carbons (Fsp3) is 0.348. The summed E-state index contributed by atoms with van der Waals surface area (Å²) in [6.45, 7) is 1.92. The molecule has 11 heteroatoms. The molecule has 178 valence electrons. The van der Waals surface area contributed by atoms with Gasteiger partial charge in [0.1, 0.15) is 5.69 Å². The molecule has 1 fully saturated rings. The van der Waals surface area contributed by atoms with E-state index in [0.29, 0.717) is 42.7 Å². The number of nitrogen functional groups attached to an aromatic ring is 1. The third kappa shape index (κ3) is 4.06. The number of sulfonamides is 1. The molecule has 1 aliphatic carbocycles. The molecule has 34 heavy (non-hydrogen) atoms. The van der Waals surface area contributed by atoms with E-state index in [1.807, 2.05) is 30.6 Å². The molecule has 1 aliphatic rings. The highest BCUT2D eigenvalue weighted by Crippen LogP contribution is 2.30. The minimum atomic E-state index is -3.73. The Morgan fingerprint density at radius 3 is 2.62 bits per heavy atom. The Hall–Kier alpha value is -3.28. The van der Waals surface area contributed by atoms with Crippen molar-refractivity contribution >= 4 is 21.5 Å². The number of benzene rings is 1. The zero-order chi connectivity index (χ0) is 24.0. The van der Waals surface area contributed by atoms with E-state index in [2.05, 4.69) is 19.8 Å². The SMILES string of the molecule is Cc1ccc(S(=O)(=O)N[C@H]2CC[C@H](O)CC2)cc1-c1cnc2c(N)nc(-c3ccnn3C)cn12. The normalized spacial score (nSPS) is 19.0. The smallest absolute Gasteiger partial charge is 0.240 e. The zero-order valence-corrected chi connectivity index (χ0v) is 19.8. The van der Waals surface area contributed by atoms with Crippen molar-refractivity contribution in [2.45, 2.75) is 49.6 Å². The maximum atomic E-state index is 13.1. The maximum absolute atomic E-state index is 13.1. The van der Waals surface area contributed by atoms with Crippen molar-refractivity contribution in [2.75, 3.05) is 5.73 Å². The first-order valence-electron chi connectivity index (χ1n) is 11.2. The second kappa shape index (κ2) is 8.49. The number of rotatable bonds is 5. The summed E-state index contributed by atoms with van der Waals surface area (Å²) in [5, 5.41) is 13.9. The lowest BCUT2D eigenvalue weighted by Gasteiger charge is -2.26. The number of anilines is 1. The standard InChI is InChI=1S/C23H27N7O3S/c1-14-3-8-17(34(32,33)28-15-4-6-16(31)7-5-15)11-18(14)21-12-25-23-22(24)27-19(13-30(21)23)20-9-10-26-29(20)2/h3,8-13,15-16,28,31H,4-7H2,1-2H3,(H2,24,27)/t15-,16-. The van der Waals surface area contributed by atoms with Gasteiger partial charge in [0, 0.05) is 31.0 Å². The fourth-order valence-corrected chi connectivity index (χ4v) is 5.82. The number of nitrogens with one attached hydrogen (secondary N) is 1. The third-order valence-electron chi connectivity index (χ3n) is 6.42. The van der Waals surface area contributed by atoms with E-state index in [0.717, 1.165) is 16.8 Å². The summed E-state index contributed by atoms with van der Waals surface area (Å²) in [5.41, 5.74) is 10.5. The quantitative estimate of drug-likeness (QED) is 0.397. The molecule has 5 rings (SSSR count). The van der Waals surface area contributed by atoms with Gasteiger partial charge in [0.15, 0.2) is 11.5 Å². The monoisotopic (exact) mass is 481 g/mol. The summed E-state index contributed by atoms with van der Waals surface area (Å²) >= 11 is 0. The maximum Gasteiger partial charge on any atom is 0.240 e. The van der Waals surface area contributed by atoms with Crippen LogP contribution in [0.5, 0.6) is 0 Å². The van der Waals surface area contributed by atoms with Crippen molar-refractivity contribution in [2.24, 2.45) is 7.05 Å². The molecular formula is C23H27N7O3S. The average Bonchev–Trinajstić information content (AvgIpc) is 3.42. The average molecular weight is 482 g/mol. The molecule has 0 spiro atoms. The predicted octanol–water partition coefficient (Wildman–Crippen LogP) is 2.27. The molecule has 0 aliphatic heterocycles. The Morgan fingerprint density at radius 2 is 1.91 bits per heavy atom. The molecular weight excluding hydrogens is 454 g/mol. The van der Waals surface area contributed by atoms with Crippen molar-refractivity contribution in [3.63, 3.8) is 0 Å². The van der Waals surface area contributed by atoms with Crippen LogP contribution in [0.2, 0.25) is 0 Å². The first-order chi connectivity index (χ1) is 16.2. The van der Waals surface area contributed by atoms with Crippen molar-refractivity contribution in [3.05, 3.63) is 48.4 Å². The molecule has 3 aromatic heterocycles. The number of hydrogen-bond donors (Lipinski definition) is 3. The second-order valence-corrected chi connectivity index (χ2v) is 10.5. The minimum absolute atomic E-state index is 0.179. The highest BCUT2D eigenvalue weighted by atomic mass is 32.2. The molecule has 3 heterocycles. The van der Waals surface area contributed by atoms with Crippen LogP contribution in [0.4, 0.5) is 5.82 Å². The predicted molar refractivity (Wildman–Crippen MR) is 128 cm³/mol. The topological polar surface area (TPSA) is 140 Å². The number of aliphatic hydroxyl groups is 1. The van der Waals surface area contributed by atoms with Gasteiger partial charge >= 0.3 is 0 Å². The molecule has 1 saturated carbocycles. The van der Waals surface area contributed by atoms with E-state index in [1.165, 1.54) is 0 Å². The van der Waals surface area contributed by atoms with Gasteiger partial charge in [0.05, 0.1) is 28.6 Å². The number of fused-ring (bicyclic) bond motifs is 1. The summed E-state index contributed by atoms with van der Waals surface area (Å²) in [4.78, 5) is 9.09. The van der Waals surface area contributed by atoms with Crippen molar-refractivity contribution < 1.29 is 13.5 Å². The molecule has 0 atom stereocenters. The van der Waals surface area contributed by atoms with Gasteiger partial charge in [-0.3, -0.25) is 9.08 Å². The number of aliphatic hydroxyl groups excluding tert-OH is 1. The number of hydrogen-bond acceptors (Lipinski definition) is 7. The van der Waals surface area contributed by atoms with Crippen LogP contribution < -0.4 is 10.5 Å². The largest absolute Gasteiger partial charge is 0.393 e. The number of imidazole rings is 1. The van der Waals surface area contributed by atoms with Crippen LogP contribution in [-0.2, 0) is 17.1 Å². The van der Waals surface area contributed by atoms with Gasteiger partial charge < -0.3 is 10.8 Å². The summed E-state index contributed by atoms with van der Waals surface area (Å²) in [7, 11) is -1.90. The lowest BCUT2D eigenvalue weighted by atomic mass is 9.94. The van der Waals surface area contributed by atoms with E-state index in [9.17, 15) is 13.5 Å². The Kier molecular flexibility index (Phi) is 5.62. The second-order valence-electron chi connectivity index (χ2n) is 8.79. The van der Waals surface area contributed by atoms with Crippen LogP contribution in [0.15, 0.2) is 47.8 Å². The summed E-state index contributed by atoms with van der Waals surface area (Å²) in [6, 6.07) is 6.73. The van der Waals surface area contributed by atoms with E-state index in [1.54, 1.807) is 35.3 Å². The molecule has 4 N–H and O–H groups in total. The Balaban J connectivity index is 1.55. The first kappa shape index (κ1) is 22.5. The van der Waals surface area contributed by atoms with Crippen LogP contribution in [0.1, 0.15) is 31.2 Å². The highest BCUT2D eigenvalue weighted by molar-refractivity contribution is 7.89. The molecule has 0 amide bonds. The van der Waals surface area contributed by atoms with Crippen LogP contribution in [-0.4, -0.2) is 49.8 Å². The fourth-order valence-electron chi connectivity index (χ4n) is 4.49. The third-order valence-corrected chi connectivity index (χ3v) is 7.93. The lowest BCUT2D eigenvalue weighted by molar-refractivity contribution is 0.120. The lowest BCUT2D eigenvalue weighted by Crippen LogP contribution is -2.38. The van der Waals surface area contributed by atoms with Crippen molar-refractivity contribution in [1.82, 2.24) is 28.9 Å². The molecule has 0 bridgehead atoms. The number of aromatic nitrogens is 5. The van der Waals surface area contributed by atoms with Crippen molar-refractivity contribution in [3.8, 4) is 22.6 Å². The zero-order valence-electron chi connectivity index (χ0n) is 19.0. The molecule has 0 radical (unpaired) electrons. The molecule has 4 aromatic rings.